The van der Waals surface area contributed by atoms with E-state index in [1.54, 1.807) is 0 Å². The van der Waals surface area contributed by atoms with Crippen molar-refractivity contribution in [2.45, 2.75) is 40.0 Å². The summed E-state index contributed by atoms with van der Waals surface area (Å²) >= 11 is 0. The van der Waals surface area contributed by atoms with E-state index in [0.29, 0.717) is 13.3 Å². The van der Waals surface area contributed by atoms with Crippen molar-refractivity contribution in [3.05, 3.63) is 53.3 Å². The molecule has 3 nitrogen and oxygen atoms in total. The molecular weight excluding hydrogens is 224 g/mol. The van der Waals surface area contributed by atoms with Crippen molar-refractivity contribution in [3.8, 4) is 0 Å². The standard InChI is InChI=1S/C15H20N2O/c1-3-14-10-15(4-2)17(16-14)12-18-11-13-8-6-5-7-9-13/h5-10H,3-4,11-12H2,1-2H3. The lowest BCUT2D eigenvalue weighted by Crippen LogP contribution is -2.08. The van der Waals surface area contributed by atoms with E-state index in [0.717, 1.165) is 18.5 Å². The van der Waals surface area contributed by atoms with Gasteiger partial charge in [-0.3, -0.25) is 0 Å². The van der Waals surface area contributed by atoms with Gasteiger partial charge in [0.05, 0.1) is 12.3 Å². The summed E-state index contributed by atoms with van der Waals surface area (Å²) in [6.07, 6.45) is 1.96. The van der Waals surface area contributed by atoms with Crippen LogP contribution in [0.3, 0.4) is 0 Å². The van der Waals surface area contributed by atoms with Crippen LogP contribution in [0.25, 0.3) is 0 Å². The van der Waals surface area contributed by atoms with Gasteiger partial charge in [-0.2, -0.15) is 5.10 Å². The van der Waals surface area contributed by atoms with Gasteiger partial charge in [-0.15, -0.1) is 0 Å². The van der Waals surface area contributed by atoms with E-state index in [1.165, 1.54) is 11.3 Å². The Balaban J connectivity index is 1.92. The molecule has 0 N–H and O–H groups in total. The largest absolute Gasteiger partial charge is 0.355 e. The van der Waals surface area contributed by atoms with Crippen LogP contribution in [0.15, 0.2) is 36.4 Å². The average molecular weight is 244 g/mol. The van der Waals surface area contributed by atoms with Crippen molar-refractivity contribution in [1.29, 1.82) is 0 Å². The van der Waals surface area contributed by atoms with Crippen LogP contribution in [0.2, 0.25) is 0 Å². The SMILES string of the molecule is CCc1cc(CC)n(COCc2ccccc2)n1. The predicted octanol–water partition coefficient (Wildman–Crippen LogP) is 3.18. The summed E-state index contributed by atoms with van der Waals surface area (Å²) in [4.78, 5) is 0. The molecule has 0 aliphatic rings. The molecule has 0 saturated heterocycles. The van der Waals surface area contributed by atoms with Crippen molar-refractivity contribution in [1.82, 2.24) is 9.78 Å². The van der Waals surface area contributed by atoms with E-state index >= 15 is 0 Å². The summed E-state index contributed by atoms with van der Waals surface area (Å²) in [5.74, 6) is 0. The molecule has 0 bridgehead atoms. The third-order valence-electron chi connectivity index (χ3n) is 2.96. The third kappa shape index (κ3) is 3.20. The second-order valence-electron chi connectivity index (χ2n) is 4.30. The maximum Gasteiger partial charge on any atom is 0.140 e. The van der Waals surface area contributed by atoms with Crippen molar-refractivity contribution < 1.29 is 4.74 Å². The lowest BCUT2D eigenvalue weighted by Gasteiger charge is -2.07. The first-order valence-corrected chi connectivity index (χ1v) is 6.50. The zero-order valence-electron chi connectivity index (χ0n) is 11.1. The molecule has 0 spiro atoms. The number of nitrogens with zero attached hydrogens (tertiary/aromatic N) is 2. The number of ether oxygens (including phenoxy) is 1. The monoisotopic (exact) mass is 244 g/mol. The fourth-order valence-corrected chi connectivity index (χ4v) is 1.91. The summed E-state index contributed by atoms with van der Waals surface area (Å²) in [7, 11) is 0. The zero-order chi connectivity index (χ0) is 12.8. The van der Waals surface area contributed by atoms with Crippen molar-refractivity contribution in [2.75, 3.05) is 0 Å². The Hall–Kier alpha value is -1.61. The summed E-state index contributed by atoms with van der Waals surface area (Å²) in [6, 6.07) is 12.4. The maximum atomic E-state index is 5.71. The normalized spacial score (nSPS) is 10.8. The molecule has 1 heterocycles. The molecule has 96 valence electrons. The molecule has 2 rings (SSSR count). The van der Waals surface area contributed by atoms with Gasteiger partial charge < -0.3 is 4.74 Å². The third-order valence-corrected chi connectivity index (χ3v) is 2.96. The lowest BCUT2D eigenvalue weighted by atomic mass is 10.2. The molecule has 0 aliphatic heterocycles. The Bertz CT molecular complexity index is 476. The van der Waals surface area contributed by atoms with Crippen LogP contribution in [0.1, 0.15) is 30.8 Å². The number of hydrogen-bond donors (Lipinski definition) is 0. The molecule has 0 atom stereocenters. The number of aromatic nitrogens is 2. The van der Waals surface area contributed by atoms with Gasteiger partial charge in [0.15, 0.2) is 0 Å². The Morgan fingerprint density at radius 3 is 2.56 bits per heavy atom. The van der Waals surface area contributed by atoms with Crippen LogP contribution in [-0.4, -0.2) is 9.78 Å². The minimum Gasteiger partial charge on any atom is -0.355 e. The molecule has 0 amide bonds. The summed E-state index contributed by atoms with van der Waals surface area (Å²) in [6.45, 7) is 5.42. The van der Waals surface area contributed by atoms with E-state index in [4.69, 9.17) is 4.74 Å². The Labute approximate surface area is 108 Å². The molecule has 0 aliphatic carbocycles. The number of hydrogen-bond acceptors (Lipinski definition) is 2. The highest BCUT2D eigenvalue weighted by atomic mass is 16.5. The van der Waals surface area contributed by atoms with Crippen LogP contribution in [0, 0.1) is 0 Å². The van der Waals surface area contributed by atoms with Gasteiger partial charge in [-0.05, 0) is 24.5 Å². The van der Waals surface area contributed by atoms with Gasteiger partial charge in [-0.25, -0.2) is 4.68 Å². The summed E-state index contributed by atoms with van der Waals surface area (Å²) < 4.78 is 7.67. The number of aryl methyl sites for hydroxylation is 2. The highest BCUT2D eigenvalue weighted by Crippen LogP contribution is 2.08. The van der Waals surface area contributed by atoms with Crippen molar-refractivity contribution in [2.24, 2.45) is 0 Å². The molecule has 18 heavy (non-hydrogen) atoms. The molecular formula is C15H20N2O. The van der Waals surface area contributed by atoms with Crippen molar-refractivity contribution in [3.63, 3.8) is 0 Å². The second-order valence-corrected chi connectivity index (χ2v) is 4.30. The highest BCUT2D eigenvalue weighted by Gasteiger charge is 2.04. The Morgan fingerprint density at radius 1 is 1.11 bits per heavy atom. The molecule has 0 radical (unpaired) electrons. The first kappa shape index (κ1) is 12.8. The fourth-order valence-electron chi connectivity index (χ4n) is 1.91. The molecule has 1 aromatic carbocycles. The Kier molecular flexibility index (Phi) is 4.53. The van der Waals surface area contributed by atoms with Crippen LogP contribution >= 0.6 is 0 Å². The van der Waals surface area contributed by atoms with Crippen molar-refractivity contribution >= 4 is 0 Å². The molecule has 0 unspecified atom stereocenters. The van der Waals surface area contributed by atoms with Gasteiger partial charge in [0.25, 0.3) is 0 Å². The van der Waals surface area contributed by atoms with Gasteiger partial charge in [0.1, 0.15) is 6.73 Å². The molecule has 3 heteroatoms. The van der Waals surface area contributed by atoms with Gasteiger partial charge in [-0.1, -0.05) is 44.2 Å². The molecule has 0 saturated carbocycles. The van der Waals surface area contributed by atoms with Crippen LogP contribution in [-0.2, 0) is 30.9 Å². The second kappa shape index (κ2) is 6.36. The van der Waals surface area contributed by atoms with Crippen LogP contribution < -0.4 is 0 Å². The fraction of sp³-hybridized carbons (Fsp3) is 0.400. The first-order chi connectivity index (χ1) is 8.83. The number of benzene rings is 1. The highest BCUT2D eigenvalue weighted by molar-refractivity contribution is 5.13. The Morgan fingerprint density at radius 2 is 1.89 bits per heavy atom. The van der Waals surface area contributed by atoms with E-state index in [2.05, 4.69) is 37.1 Å². The lowest BCUT2D eigenvalue weighted by molar-refractivity contribution is 0.0541. The van der Waals surface area contributed by atoms with E-state index < -0.39 is 0 Å². The quantitative estimate of drug-likeness (QED) is 0.780. The minimum absolute atomic E-state index is 0.526. The van der Waals surface area contributed by atoms with E-state index in [-0.39, 0.29) is 0 Å². The first-order valence-electron chi connectivity index (χ1n) is 6.50. The summed E-state index contributed by atoms with van der Waals surface area (Å²) in [5, 5.41) is 4.52. The number of rotatable bonds is 6. The summed E-state index contributed by atoms with van der Waals surface area (Å²) in [5.41, 5.74) is 3.56. The molecule has 1 aromatic heterocycles. The van der Waals surface area contributed by atoms with E-state index in [1.807, 2.05) is 22.9 Å². The van der Waals surface area contributed by atoms with Gasteiger partial charge in [0, 0.05) is 5.69 Å². The van der Waals surface area contributed by atoms with Crippen LogP contribution in [0.5, 0.6) is 0 Å². The van der Waals surface area contributed by atoms with Gasteiger partial charge in [0.2, 0.25) is 0 Å². The maximum absolute atomic E-state index is 5.71. The average Bonchev–Trinajstić information content (AvgIpc) is 2.82. The predicted molar refractivity (Wildman–Crippen MR) is 72.2 cm³/mol. The topological polar surface area (TPSA) is 27.1 Å². The smallest absolute Gasteiger partial charge is 0.140 e. The minimum atomic E-state index is 0.526. The van der Waals surface area contributed by atoms with Crippen LogP contribution in [0.4, 0.5) is 0 Å². The molecule has 2 aromatic rings. The van der Waals surface area contributed by atoms with Gasteiger partial charge >= 0.3 is 0 Å². The molecule has 0 fully saturated rings. The zero-order valence-corrected chi connectivity index (χ0v) is 11.1. The van der Waals surface area contributed by atoms with E-state index in [9.17, 15) is 0 Å².